The smallest absolute Gasteiger partial charge is 0.264 e. The molecule has 3 atom stereocenters. The molecule has 0 unspecified atom stereocenters. The summed E-state index contributed by atoms with van der Waals surface area (Å²) in [6.45, 7) is 1.37. The molecule has 6 rings (SSSR count). The quantitative estimate of drug-likeness (QED) is 0.160. The van der Waals surface area contributed by atoms with Gasteiger partial charge in [0.15, 0.2) is 0 Å². The van der Waals surface area contributed by atoms with E-state index in [1.807, 2.05) is 19.1 Å². The molecule has 0 radical (unpaired) electrons. The zero-order chi connectivity index (χ0) is 29.1. The van der Waals surface area contributed by atoms with Gasteiger partial charge in [-0.15, -0.1) is 0 Å². The Bertz CT molecular complexity index is 1740. The number of carbonyl (C=O) groups is 1. The average Bonchev–Trinajstić information content (AvgIpc) is 3.54. The van der Waals surface area contributed by atoms with Gasteiger partial charge in [-0.1, -0.05) is 66.7 Å². The SMILES string of the molecule is C/C(=N/NC(=O)CN(c1cccnc1)S(=O)(=O)c1ccccc1)c1ccc2c(c1)[C@@H]1C=CC[C@@H]1[C@H](c1ccccc1)N2. The second-order valence-corrected chi connectivity index (χ2v) is 12.3. The summed E-state index contributed by atoms with van der Waals surface area (Å²) in [6.07, 6.45) is 8.51. The maximum atomic E-state index is 13.4. The molecule has 2 heterocycles. The van der Waals surface area contributed by atoms with Crippen LogP contribution in [0.4, 0.5) is 11.4 Å². The van der Waals surface area contributed by atoms with E-state index < -0.39 is 22.5 Å². The van der Waals surface area contributed by atoms with Crippen molar-refractivity contribution in [1.29, 1.82) is 0 Å². The van der Waals surface area contributed by atoms with Crippen molar-refractivity contribution in [3.05, 3.63) is 132 Å². The minimum atomic E-state index is -4.01. The van der Waals surface area contributed by atoms with Crippen molar-refractivity contribution in [2.75, 3.05) is 16.2 Å². The Kier molecular flexibility index (Phi) is 7.58. The molecule has 1 aliphatic carbocycles. The summed E-state index contributed by atoms with van der Waals surface area (Å²) in [7, 11) is -4.01. The number of amides is 1. The van der Waals surface area contributed by atoms with Crippen molar-refractivity contribution in [3.63, 3.8) is 0 Å². The molecule has 2 aliphatic rings. The molecule has 2 N–H and O–H groups in total. The summed E-state index contributed by atoms with van der Waals surface area (Å²) in [5, 5.41) is 8.08. The van der Waals surface area contributed by atoms with Gasteiger partial charge in [0.25, 0.3) is 15.9 Å². The van der Waals surface area contributed by atoms with E-state index in [9.17, 15) is 13.2 Å². The van der Waals surface area contributed by atoms with Crippen LogP contribution in [0.3, 0.4) is 0 Å². The number of anilines is 2. The van der Waals surface area contributed by atoms with E-state index in [2.05, 4.69) is 69.4 Å². The standard InChI is InChI=1S/C33H31N5O3S/c1-23(25-17-18-31-30(20-25)28-15-8-16-29(28)33(35-31)24-10-4-2-5-11-24)36-37-32(39)22-38(26-12-9-19-34-21-26)42(40,41)27-13-6-3-7-14-27/h2-15,17-21,28-29,33,35H,16,22H2,1H3,(H,37,39)/b36-23-/t28-,29+,33+/m1/s1. The van der Waals surface area contributed by atoms with Crippen molar-refractivity contribution < 1.29 is 13.2 Å². The third kappa shape index (κ3) is 5.43. The van der Waals surface area contributed by atoms with Gasteiger partial charge in [-0.25, -0.2) is 13.8 Å². The minimum absolute atomic E-state index is 0.0813. The lowest BCUT2D eigenvalue weighted by atomic mass is 9.76. The first kappa shape index (κ1) is 27.4. The lowest BCUT2D eigenvalue weighted by Gasteiger charge is -2.37. The molecule has 0 bridgehead atoms. The number of allylic oxidation sites excluding steroid dienone is 2. The Morgan fingerprint density at radius 2 is 1.79 bits per heavy atom. The van der Waals surface area contributed by atoms with Crippen LogP contribution in [0.5, 0.6) is 0 Å². The van der Waals surface area contributed by atoms with Gasteiger partial charge in [0, 0.05) is 17.8 Å². The van der Waals surface area contributed by atoms with Crippen molar-refractivity contribution in [2.45, 2.75) is 30.2 Å². The molecule has 0 saturated heterocycles. The zero-order valence-corrected chi connectivity index (χ0v) is 23.9. The highest BCUT2D eigenvalue weighted by molar-refractivity contribution is 7.92. The second kappa shape index (κ2) is 11.6. The predicted molar refractivity (Wildman–Crippen MR) is 165 cm³/mol. The van der Waals surface area contributed by atoms with Crippen LogP contribution in [-0.4, -0.2) is 31.6 Å². The van der Waals surface area contributed by atoms with Gasteiger partial charge in [-0.3, -0.25) is 14.1 Å². The Hall–Kier alpha value is -4.76. The molecule has 42 heavy (non-hydrogen) atoms. The van der Waals surface area contributed by atoms with E-state index in [0.717, 1.165) is 22.0 Å². The monoisotopic (exact) mass is 577 g/mol. The molecule has 8 nitrogen and oxygen atoms in total. The molecular weight excluding hydrogens is 546 g/mol. The number of sulfonamides is 1. The van der Waals surface area contributed by atoms with Crippen LogP contribution in [0.2, 0.25) is 0 Å². The van der Waals surface area contributed by atoms with Crippen molar-refractivity contribution >= 4 is 33.0 Å². The largest absolute Gasteiger partial charge is 0.378 e. The van der Waals surface area contributed by atoms with Gasteiger partial charge in [0.1, 0.15) is 6.54 Å². The first-order valence-electron chi connectivity index (χ1n) is 13.9. The molecule has 0 fully saturated rings. The van der Waals surface area contributed by atoms with Gasteiger partial charge in [-0.2, -0.15) is 5.10 Å². The third-order valence-electron chi connectivity index (χ3n) is 7.84. The number of benzene rings is 3. The average molecular weight is 578 g/mol. The van der Waals surface area contributed by atoms with E-state index in [1.54, 1.807) is 36.5 Å². The first-order valence-corrected chi connectivity index (χ1v) is 15.3. The van der Waals surface area contributed by atoms with Gasteiger partial charge in [0.05, 0.1) is 28.5 Å². The summed E-state index contributed by atoms with van der Waals surface area (Å²) >= 11 is 0. The number of nitrogens with one attached hydrogen (secondary N) is 2. The first-order chi connectivity index (χ1) is 20.4. The van der Waals surface area contributed by atoms with Crippen LogP contribution in [-0.2, 0) is 14.8 Å². The highest BCUT2D eigenvalue weighted by atomic mass is 32.2. The van der Waals surface area contributed by atoms with E-state index in [1.165, 1.54) is 29.5 Å². The van der Waals surface area contributed by atoms with Crippen molar-refractivity contribution in [3.8, 4) is 0 Å². The fourth-order valence-corrected chi connectivity index (χ4v) is 7.15. The van der Waals surface area contributed by atoms with Crippen LogP contribution < -0.4 is 15.0 Å². The fraction of sp³-hybridized carbons (Fsp3) is 0.182. The van der Waals surface area contributed by atoms with E-state index >= 15 is 0 Å². The number of fused-ring (bicyclic) bond motifs is 3. The fourth-order valence-electron chi connectivity index (χ4n) is 5.72. The lowest BCUT2D eigenvalue weighted by molar-refractivity contribution is -0.119. The third-order valence-corrected chi connectivity index (χ3v) is 9.63. The number of carbonyl (C=O) groups excluding carboxylic acids is 1. The summed E-state index contributed by atoms with van der Waals surface area (Å²) in [4.78, 5) is 17.1. The normalized spacial score (nSPS) is 19.4. The molecule has 3 aromatic carbocycles. The van der Waals surface area contributed by atoms with E-state index in [-0.39, 0.29) is 22.5 Å². The molecule has 4 aromatic rings. The molecule has 212 valence electrons. The van der Waals surface area contributed by atoms with Crippen LogP contribution >= 0.6 is 0 Å². The molecule has 0 saturated carbocycles. The van der Waals surface area contributed by atoms with Crippen LogP contribution in [0.15, 0.2) is 126 Å². The topological polar surface area (TPSA) is 104 Å². The van der Waals surface area contributed by atoms with Gasteiger partial charge < -0.3 is 5.32 Å². The van der Waals surface area contributed by atoms with Gasteiger partial charge >= 0.3 is 0 Å². The number of pyridine rings is 1. The maximum absolute atomic E-state index is 13.4. The zero-order valence-electron chi connectivity index (χ0n) is 23.1. The summed E-state index contributed by atoms with van der Waals surface area (Å²) in [5.41, 5.74) is 7.92. The lowest BCUT2D eigenvalue weighted by Crippen LogP contribution is -2.39. The van der Waals surface area contributed by atoms with Crippen LogP contribution in [0.1, 0.15) is 42.0 Å². The Balaban J connectivity index is 1.21. The number of hydrogen-bond donors (Lipinski definition) is 2. The maximum Gasteiger partial charge on any atom is 0.264 e. The number of aromatic nitrogens is 1. The summed E-state index contributed by atoms with van der Waals surface area (Å²) < 4.78 is 27.9. The Morgan fingerprint density at radius 3 is 2.52 bits per heavy atom. The molecule has 0 spiro atoms. The van der Waals surface area contributed by atoms with Gasteiger partial charge in [0.2, 0.25) is 0 Å². The highest BCUT2D eigenvalue weighted by Gasteiger charge is 2.38. The number of rotatable bonds is 8. The van der Waals surface area contributed by atoms with Crippen LogP contribution in [0, 0.1) is 5.92 Å². The predicted octanol–water partition coefficient (Wildman–Crippen LogP) is 5.64. The van der Waals surface area contributed by atoms with Gasteiger partial charge in [-0.05, 0) is 72.4 Å². The minimum Gasteiger partial charge on any atom is -0.378 e. The Labute approximate surface area is 245 Å². The Morgan fingerprint density at radius 1 is 1.02 bits per heavy atom. The molecule has 1 aromatic heterocycles. The molecule has 1 amide bonds. The number of nitrogens with zero attached hydrogens (tertiary/aromatic N) is 3. The van der Waals surface area contributed by atoms with Crippen molar-refractivity contribution in [2.24, 2.45) is 11.0 Å². The summed E-state index contributed by atoms with van der Waals surface area (Å²) in [5.74, 6) is 0.129. The van der Waals surface area contributed by atoms with E-state index in [0.29, 0.717) is 11.6 Å². The van der Waals surface area contributed by atoms with E-state index in [4.69, 9.17) is 0 Å². The van der Waals surface area contributed by atoms with Crippen LogP contribution in [0.25, 0.3) is 0 Å². The molecule has 1 aliphatic heterocycles. The number of hydrazone groups is 1. The van der Waals surface area contributed by atoms with Crippen molar-refractivity contribution in [1.82, 2.24) is 10.4 Å². The highest BCUT2D eigenvalue weighted by Crippen LogP contribution is 2.49. The number of hydrogen-bond acceptors (Lipinski definition) is 6. The molecule has 9 heteroatoms. The summed E-state index contributed by atoms with van der Waals surface area (Å²) in [6, 6.07) is 28.2. The molecular formula is C33H31N5O3S. The second-order valence-electron chi connectivity index (χ2n) is 10.5.